The van der Waals surface area contributed by atoms with Crippen molar-refractivity contribution in [1.29, 1.82) is 0 Å². The van der Waals surface area contributed by atoms with Gasteiger partial charge in [-0.15, -0.1) is 0 Å². The second-order valence-corrected chi connectivity index (χ2v) is 12.1. The molecule has 0 fully saturated rings. The summed E-state index contributed by atoms with van der Waals surface area (Å²) in [6, 6.07) is 29.7. The molecular weight excluding hydrogens is 522 g/mol. The summed E-state index contributed by atoms with van der Waals surface area (Å²) in [5, 5.41) is 0.118. The number of fused-ring (bicyclic) bond motifs is 1. The number of sulfonamides is 1. The number of carbonyl (C=O) groups excluding carboxylic acids is 1. The minimum absolute atomic E-state index is 0.0164. The molecule has 5 aromatic rings. The number of hydrogen-bond acceptors (Lipinski definition) is 5. The lowest BCUT2D eigenvalue weighted by molar-refractivity contribution is 0.1000. The number of benzene rings is 4. The zero-order chi connectivity index (χ0) is 26.9. The lowest BCUT2D eigenvalue weighted by Crippen LogP contribution is -2.27. The van der Waals surface area contributed by atoms with E-state index in [4.69, 9.17) is 5.73 Å². The lowest BCUT2D eigenvalue weighted by Gasteiger charge is -2.13. The van der Waals surface area contributed by atoms with Crippen molar-refractivity contribution in [2.75, 3.05) is 0 Å². The molecule has 192 valence electrons. The van der Waals surface area contributed by atoms with Gasteiger partial charge in [0.05, 0.1) is 10.4 Å². The molecule has 4 aromatic carbocycles. The third kappa shape index (κ3) is 4.84. The summed E-state index contributed by atoms with van der Waals surface area (Å²) >= 11 is 0. The number of rotatable bonds is 8. The van der Waals surface area contributed by atoms with Gasteiger partial charge in [0.15, 0.2) is 5.03 Å². The minimum Gasteiger partial charge on any atom is -0.366 e. The number of carbonyl (C=O) groups is 1. The van der Waals surface area contributed by atoms with Crippen LogP contribution in [0.25, 0.3) is 22.0 Å². The van der Waals surface area contributed by atoms with Crippen molar-refractivity contribution >= 4 is 36.9 Å². The topological polar surface area (TPSA) is 128 Å². The minimum atomic E-state index is -4.23. The fraction of sp³-hybridized carbons (Fsp3) is 0.0357. The second kappa shape index (κ2) is 9.90. The van der Waals surface area contributed by atoms with Crippen molar-refractivity contribution in [3.8, 4) is 11.1 Å². The molecule has 0 unspecified atom stereocenters. The van der Waals surface area contributed by atoms with Gasteiger partial charge in [-0.2, -0.15) is 0 Å². The number of amides is 1. The Morgan fingerprint density at radius 1 is 0.737 bits per heavy atom. The van der Waals surface area contributed by atoms with E-state index in [-0.39, 0.29) is 22.0 Å². The van der Waals surface area contributed by atoms with Crippen molar-refractivity contribution in [2.45, 2.75) is 16.5 Å². The molecule has 0 bridgehead atoms. The van der Waals surface area contributed by atoms with Gasteiger partial charge in [-0.05, 0) is 53.1 Å². The molecule has 8 nitrogen and oxygen atoms in total. The van der Waals surface area contributed by atoms with Crippen molar-refractivity contribution in [3.05, 3.63) is 120 Å². The van der Waals surface area contributed by atoms with Crippen LogP contribution in [0.3, 0.4) is 0 Å². The quantitative estimate of drug-likeness (QED) is 0.303. The Labute approximate surface area is 220 Å². The van der Waals surface area contributed by atoms with Crippen molar-refractivity contribution < 1.29 is 21.6 Å². The van der Waals surface area contributed by atoms with E-state index in [1.54, 1.807) is 78.9 Å². The Morgan fingerprint density at radius 3 is 1.95 bits per heavy atom. The van der Waals surface area contributed by atoms with Gasteiger partial charge in [-0.3, -0.25) is 4.79 Å². The normalized spacial score (nSPS) is 12.0. The predicted octanol–water partition coefficient (Wildman–Crippen LogP) is 4.12. The average Bonchev–Trinajstić information content (AvgIpc) is 3.35. The van der Waals surface area contributed by atoms with E-state index in [1.165, 1.54) is 18.2 Å². The SMILES string of the molecule is NC(=O)c1ccc(-c2ccc(CNS(=O)(=O)c3cc4ccccc4n3S(=O)(=O)c3ccccc3)cc2)cc1. The maximum absolute atomic E-state index is 13.5. The summed E-state index contributed by atoms with van der Waals surface area (Å²) in [6.45, 7) is -0.0455. The van der Waals surface area contributed by atoms with Gasteiger partial charge in [0.25, 0.3) is 20.0 Å². The molecule has 0 aliphatic heterocycles. The number of nitrogens with one attached hydrogen (secondary N) is 1. The van der Waals surface area contributed by atoms with E-state index in [0.717, 1.165) is 15.1 Å². The summed E-state index contributed by atoms with van der Waals surface area (Å²) in [7, 11) is -8.42. The number of nitrogens with two attached hydrogens (primary N) is 1. The molecular formula is C28H23N3O5S2. The average molecular weight is 546 g/mol. The van der Waals surface area contributed by atoms with Crippen LogP contribution in [-0.2, 0) is 26.6 Å². The molecule has 10 heteroatoms. The predicted molar refractivity (Wildman–Crippen MR) is 145 cm³/mol. The molecule has 3 N–H and O–H groups in total. The third-order valence-corrected chi connectivity index (χ3v) is 9.35. The first kappa shape index (κ1) is 25.4. The summed E-state index contributed by atoms with van der Waals surface area (Å²) in [5.41, 5.74) is 8.39. The molecule has 0 aliphatic carbocycles. The van der Waals surface area contributed by atoms with Crippen LogP contribution in [0.1, 0.15) is 15.9 Å². The van der Waals surface area contributed by atoms with Gasteiger partial charge in [0, 0.05) is 17.5 Å². The zero-order valence-corrected chi connectivity index (χ0v) is 21.6. The van der Waals surface area contributed by atoms with Crippen LogP contribution in [0, 0.1) is 0 Å². The molecule has 0 aliphatic rings. The third-order valence-electron chi connectivity index (χ3n) is 6.11. The monoisotopic (exact) mass is 545 g/mol. The molecule has 0 saturated heterocycles. The summed E-state index contributed by atoms with van der Waals surface area (Å²) < 4.78 is 57.3. The Balaban J connectivity index is 1.43. The van der Waals surface area contributed by atoms with E-state index < -0.39 is 26.0 Å². The Morgan fingerprint density at radius 2 is 1.32 bits per heavy atom. The molecule has 0 spiro atoms. The van der Waals surface area contributed by atoms with Gasteiger partial charge >= 0.3 is 0 Å². The summed E-state index contributed by atoms with van der Waals surface area (Å²) in [4.78, 5) is 11.3. The van der Waals surface area contributed by atoms with Crippen LogP contribution in [0.2, 0.25) is 0 Å². The molecule has 1 aromatic heterocycles. The first-order valence-corrected chi connectivity index (χ1v) is 14.5. The van der Waals surface area contributed by atoms with Gasteiger partial charge < -0.3 is 5.73 Å². The molecule has 0 saturated carbocycles. The van der Waals surface area contributed by atoms with E-state index >= 15 is 0 Å². The van der Waals surface area contributed by atoms with Gasteiger partial charge in [0.1, 0.15) is 0 Å². The number of nitrogens with zero attached hydrogens (tertiary/aromatic N) is 1. The summed E-state index contributed by atoms with van der Waals surface area (Å²) in [5.74, 6) is -0.505. The van der Waals surface area contributed by atoms with E-state index in [1.807, 2.05) is 12.1 Å². The van der Waals surface area contributed by atoms with E-state index in [9.17, 15) is 21.6 Å². The zero-order valence-electron chi connectivity index (χ0n) is 20.0. The Bertz CT molecular complexity index is 1850. The van der Waals surface area contributed by atoms with Crippen LogP contribution in [0.15, 0.2) is 119 Å². The van der Waals surface area contributed by atoms with Crippen molar-refractivity contribution in [2.24, 2.45) is 5.73 Å². The second-order valence-electron chi connectivity index (χ2n) is 8.59. The fourth-order valence-corrected chi connectivity index (χ4v) is 7.25. The first-order chi connectivity index (χ1) is 18.2. The molecule has 38 heavy (non-hydrogen) atoms. The number of hydrogen-bond donors (Lipinski definition) is 2. The number of primary amides is 1. The smallest absolute Gasteiger partial charge is 0.269 e. The highest BCUT2D eigenvalue weighted by atomic mass is 32.2. The first-order valence-electron chi connectivity index (χ1n) is 11.6. The highest BCUT2D eigenvalue weighted by molar-refractivity contribution is 7.92. The largest absolute Gasteiger partial charge is 0.366 e. The molecule has 0 atom stereocenters. The van der Waals surface area contributed by atoms with Gasteiger partial charge in [-0.1, -0.05) is 72.8 Å². The molecule has 5 rings (SSSR count). The standard InChI is InChI=1S/C28H23N3O5S2/c29-28(32)23-16-14-22(15-17-23)21-12-10-20(11-13-21)19-30-37(33,34)27-18-24-6-4-5-9-26(24)31(27)38(35,36)25-7-2-1-3-8-25/h1-18,30H,19H2,(H2,29,32). The lowest BCUT2D eigenvalue weighted by atomic mass is 10.0. The maximum atomic E-state index is 13.5. The van der Waals surface area contributed by atoms with Gasteiger partial charge in [0.2, 0.25) is 5.91 Å². The summed E-state index contributed by atoms with van der Waals surface area (Å²) in [6.07, 6.45) is 0. The maximum Gasteiger partial charge on any atom is 0.269 e. The molecule has 0 radical (unpaired) electrons. The number of para-hydroxylation sites is 1. The highest BCUT2D eigenvalue weighted by Gasteiger charge is 2.29. The van der Waals surface area contributed by atoms with E-state index in [2.05, 4.69) is 4.72 Å². The van der Waals surface area contributed by atoms with Crippen molar-refractivity contribution in [3.63, 3.8) is 0 Å². The molecule has 1 amide bonds. The van der Waals surface area contributed by atoms with Crippen LogP contribution in [0.5, 0.6) is 0 Å². The fourth-order valence-electron chi connectivity index (χ4n) is 4.13. The van der Waals surface area contributed by atoms with Gasteiger partial charge in [-0.25, -0.2) is 25.5 Å². The van der Waals surface area contributed by atoms with Crippen molar-refractivity contribution in [1.82, 2.24) is 8.69 Å². The highest BCUT2D eigenvalue weighted by Crippen LogP contribution is 2.29. The Hall–Kier alpha value is -4.25. The van der Waals surface area contributed by atoms with Crippen LogP contribution in [-0.4, -0.2) is 26.7 Å². The Kier molecular flexibility index (Phi) is 6.62. The van der Waals surface area contributed by atoms with E-state index in [0.29, 0.717) is 16.5 Å². The number of aromatic nitrogens is 1. The van der Waals surface area contributed by atoms with Crippen LogP contribution in [0.4, 0.5) is 0 Å². The van der Waals surface area contributed by atoms with Crippen LogP contribution >= 0.6 is 0 Å². The molecule has 1 heterocycles. The van der Waals surface area contributed by atoms with Crippen LogP contribution < -0.4 is 10.5 Å².